The highest BCUT2D eigenvalue weighted by atomic mass is 35.5. The highest BCUT2D eigenvalue weighted by Gasteiger charge is 2.01. The van der Waals surface area contributed by atoms with Gasteiger partial charge in [0.15, 0.2) is 0 Å². The fourth-order valence-electron chi connectivity index (χ4n) is 0.893. The number of thiophene rings is 2. The zero-order chi connectivity index (χ0) is 13.7. The van der Waals surface area contributed by atoms with Crippen LogP contribution in [0, 0.1) is 0 Å². The maximum Gasteiger partial charge on any atom is 0.258 e. The van der Waals surface area contributed by atoms with Gasteiger partial charge in [-0.25, -0.2) is 0 Å². The Labute approximate surface area is 127 Å². The molecule has 0 aliphatic heterocycles. The summed E-state index contributed by atoms with van der Waals surface area (Å²) in [6.45, 7) is 0. The molecule has 0 unspecified atom stereocenters. The van der Waals surface area contributed by atoms with E-state index in [0.717, 1.165) is 9.21 Å². The van der Waals surface area contributed by atoms with Gasteiger partial charge in [-0.05, 0) is 24.3 Å². The highest BCUT2D eigenvalue weighted by molar-refractivity contribution is 7.81. The van der Waals surface area contributed by atoms with E-state index in [4.69, 9.17) is 46.9 Å². The topological polar surface area (TPSA) is 69.1 Å². The van der Waals surface area contributed by atoms with Crippen molar-refractivity contribution < 1.29 is 4.79 Å². The maximum atomic E-state index is 10.4. The number of amides is 1. The van der Waals surface area contributed by atoms with Gasteiger partial charge in [0.05, 0.1) is 18.4 Å². The average molecular weight is 339 g/mol. The number of halogens is 2. The maximum absolute atomic E-state index is 10.4. The minimum absolute atomic E-state index is 0.409. The van der Waals surface area contributed by atoms with Crippen molar-refractivity contribution in [3.8, 4) is 0 Å². The molecule has 3 nitrogen and oxygen atoms in total. The van der Waals surface area contributed by atoms with Crippen LogP contribution in [-0.2, 0) is 0 Å². The second kappa shape index (κ2) is 7.06. The van der Waals surface area contributed by atoms with Crippen molar-refractivity contribution in [2.24, 2.45) is 11.5 Å². The molecule has 4 N–H and O–H groups in total. The van der Waals surface area contributed by atoms with E-state index in [1.807, 2.05) is 6.07 Å². The second-order valence-electron chi connectivity index (χ2n) is 2.94. The first-order valence-electron chi connectivity index (χ1n) is 4.50. The molecule has 2 aromatic rings. The first-order chi connectivity index (χ1) is 8.40. The van der Waals surface area contributed by atoms with Gasteiger partial charge in [0.1, 0.15) is 4.99 Å². The molecule has 2 heterocycles. The van der Waals surface area contributed by atoms with Crippen LogP contribution in [0.3, 0.4) is 0 Å². The zero-order valence-corrected chi connectivity index (χ0v) is 12.8. The lowest BCUT2D eigenvalue weighted by Crippen LogP contribution is -2.07. The van der Waals surface area contributed by atoms with Gasteiger partial charge in [-0.1, -0.05) is 35.4 Å². The summed E-state index contributed by atoms with van der Waals surface area (Å²) in [5.41, 5.74) is 10.3. The van der Waals surface area contributed by atoms with Crippen LogP contribution < -0.4 is 11.5 Å². The molecule has 0 atom stereocenters. The predicted molar refractivity (Wildman–Crippen MR) is 83.1 cm³/mol. The van der Waals surface area contributed by atoms with Crippen LogP contribution in [0.1, 0.15) is 14.5 Å². The summed E-state index contributed by atoms with van der Waals surface area (Å²) in [5.74, 6) is -0.424. The van der Waals surface area contributed by atoms with E-state index in [9.17, 15) is 4.79 Å². The standard InChI is InChI=1S/C5H4ClNOS.C5H4ClNS2/c2*6-4-2-1-3(9-4)5(7)8/h2*1-2H,(H2,7,8). The number of rotatable bonds is 2. The number of carbonyl (C=O) groups excluding carboxylic acids is 1. The molecule has 0 saturated carbocycles. The molecule has 2 aromatic heterocycles. The van der Waals surface area contributed by atoms with Crippen LogP contribution in [0.2, 0.25) is 8.67 Å². The minimum atomic E-state index is -0.424. The highest BCUT2D eigenvalue weighted by Crippen LogP contribution is 2.21. The Morgan fingerprint density at radius 1 is 1.00 bits per heavy atom. The van der Waals surface area contributed by atoms with E-state index in [1.54, 1.807) is 18.2 Å². The third kappa shape index (κ3) is 4.91. The molecule has 8 heteroatoms. The van der Waals surface area contributed by atoms with E-state index in [2.05, 4.69) is 0 Å². The van der Waals surface area contributed by atoms with Crippen molar-refractivity contribution in [1.29, 1.82) is 0 Å². The van der Waals surface area contributed by atoms with E-state index in [-0.39, 0.29) is 0 Å². The van der Waals surface area contributed by atoms with Gasteiger partial charge in [0, 0.05) is 0 Å². The van der Waals surface area contributed by atoms with Crippen molar-refractivity contribution >= 4 is 69.0 Å². The molecule has 0 aromatic carbocycles. The van der Waals surface area contributed by atoms with Crippen LogP contribution in [0.5, 0.6) is 0 Å². The van der Waals surface area contributed by atoms with Crippen molar-refractivity contribution in [2.75, 3.05) is 0 Å². The monoisotopic (exact) mass is 338 g/mol. The van der Waals surface area contributed by atoms with Gasteiger partial charge in [-0.15, -0.1) is 22.7 Å². The molecule has 0 radical (unpaired) electrons. The molecule has 0 aliphatic carbocycles. The largest absolute Gasteiger partial charge is 0.389 e. The summed E-state index contributed by atoms with van der Waals surface area (Å²) in [6.07, 6.45) is 0. The van der Waals surface area contributed by atoms with E-state index in [0.29, 0.717) is 14.2 Å². The van der Waals surface area contributed by atoms with Gasteiger partial charge in [0.25, 0.3) is 5.91 Å². The number of primary amides is 1. The normalized spacial score (nSPS) is 9.44. The Kier molecular flexibility index (Phi) is 6.04. The Balaban J connectivity index is 0.000000180. The Hall–Kier alpha value is -0.660. The molecule has 2 rings (SSSR count). The first kappa shape index (κ1) is 15.4. The average Bonchev–Trinajstić information content (AvgIpc) is 2.88. The van der Waals surface area contributed by atoms with Crippen LogP contribution in [0.4, 0.5) is 0 Å². The third-order valence-electron chi connectivity index (χ3n) is 1.63. The van der Waals surface area contributed by atoms with Crippen LogP contribution in [-0.4, -0.2) is 10.9 Å². The first-order valence-corrected chi connectivity index (χ1v) is 7.30. The zero-order valence-electron chi connectivity index (χ0n) is 8.85. The summed E-state index contributed by atoms with van der Waals surface area (Å²) in [4.78, 5) is 12.2. The Morgan fingerprint density at radius 2 is 1.44 bits per heavy atom. The lowest BCUT2D eigenvalue weighted by atomic mass is 10.5. The molecule has 0 saturated heterocycles. The summed E-state index contributed by atoms with van der Waals surface area (Å²) in [6, 6.07) is 6.84. The molecule has 96 valence electrons. The van der Waals surface area contributed by atoms with E-state index in [1.165, 1.54) is 22.7 Å². The van der Waals surface area contributed by atoms with Gasteiger partial charge >= 0.3 is 0 Å². The van der Waals surface area contributed by atoms with E-state index < -0.39 is 5.91 Å². The molecular weight excluding hydrogens is 331 g/mol. The molecule has 1 amide bonds. The number of carbonyl (C=O) groups is 1. The molecule has 0 spiro atoms. The lowest BCUT2D eigenvalue weighted by molar-refractivity contribution is 0.100. The Bertz CT molecular complexity index is 515. The smallest absolute Gasteiger partial charge is 0.258 e. The fourth-order valence-corrected chi connectivity index (χ4v) is 2.88. The molecular formula is C10H8Cl2N2OS3. The summed E-state index contributed by atoms with van der Waals surface area (Å²) >= 11 is 18.4. The van der Waals surface area contributed by atoms with Crippen molar-refractivity contribution in [3.05, 3.63) is 42.7 Å². The molecule has 0 bridgehead atoms. The minimum Gasteiger partial charge on any atom is -0.389 e. The van der Waals surface area contributed by atoms with Crippen molar-refractivity contribution in [1.82, 2.24) is 0 Å². The fraction of sp³-hybridized carbons (Fsp3) is 0. The molecule has 18 heavy (non-hydrogen) atoms. The molecule has 0 fully saturated rings. The van der Waals surface area contributed by atoms with Gasteiger partial charge < -0.3 is 11.5 Å². The van der Waals surface area contributed by atoms with Crippen molar-refractivity contribution in [3.63, 3.8) is 0 Å². The summed E-state index contributed by atoms with van der Waals surface area (Å²) < 4.78 is 1.31. The number of nitrogens with two attached hydrogens (primary N) is 2. The SMILES string of the molecule is NC(=O)c1ccc(Cl)s1.NC(=S)c1ccc(Cl)s1. The summed E-state index contributed by atoms with van der Waals surface area (Å²) in [5, 5.41) is 0. The van der Waals surface area contributed by atoms with Crippen LogP contribution in [0.25, 0.3) is 0 Å². The van der Waals surface area contributed by atoms with Crippen LogP contribution in [0.15, 0.2) is 24.3 Å². The third-order valence-corrected chi connectivity index (χ3v) is 4.49. The predicted octanol–water partition coefficient (Wildman–Crippen LogP) is 3.54. The van der Waals surface area contributed by atoms with Crippen molar-refractivity contribution in [2.45, 2.75) is 0 Å². The van der Waals surface area contributed by atoms with Gasteiger partial charge in [-0.3, -0.25) is 4.79 Å². The number of thiocarbonyl (C=S) groups is 1. The lowest BCUT2D eigenvalue weighted by Gasteiger charge is -1.85. The Morgan fingerprint density at radius 3 is 1.61 bits per heavy atom. The number of hydrogen-bond donors (Lipinski definition) is 2. The number of hydrogen-bond acceptors (Lipinski definition) is 4. The van der Waals surface area contributed by atoms with Gasteiger partial charge in [-0.2, -0.15) is 0 Å². The quantitative estimate of drug-likeness (QED) is 0.823. The van der Waals surface area contributed by atoms with Gasteiger partial charge in [0.2, 0.25) is 0 Å². The molecule has 0 aliphatic rings. The second-order valence-corrected chi connectivity index (χ2v) is 6.81. The van der Waals surface area contributed by atoms with E-state index >= 15 is 0 Å². The van der Waals surface area contributed by atoms with Crippen LogP contribution >= 0.6 is 58.1 Å². The summed E-state index contributed by atoms with van der Waals surface area (Å²) in [7, 11) is 0.